The average Bonchev–Trinajstić information content (AvgIpc) is 2.18. The SMILES string of the molecule is C#CCCNCc1ccc(Br)c(Br)c1. The van der Waals surface area contributed by atoms with Crippen LogP contribution in [0.1, 0.15) is 12.0 Å². The van der Waals surface area contributed by atoms with Crippen molar-refractivity contribution in [1.29, 1.82) is 0 Å². The van der Waals surface area contributed by atoms with Crippen molar-refractivity contribution in [2.45, 2.75) is 13.0 Å². The highest BCUT2D eigenvalue weighted by Crippen LogP contribution is 2.23. The Hall–Kier alpha value is -0.300. The van der Waals surface area contributed by atoms with Crippen LogP contribution in [0.2, 0.25) is 0 Å². The van der Waals surface area contributed by atoms with Gasteiger partial charge in [-0.25, -0.2) is 0 Å². The lowest BCUT2D eigenvalue weighted by atomic mass is 10.2. The van der Waals surface area contributed by atoms with Gasteiger partial charge in [0.25, 0.3) is 0 Å². The van der Waals surface area contributed by atoms with Crippen LogP contribution in [-0.2, 0) is 6.54 Å². The van der Waals surface area contributed by atoms with Crippen molar-refractivity contribution in [2.75, 3.05) is 6.54 Å². The molecule has 0 aromatic heterocycles. The van der Waals surface area contributed by atoms with Crippen LogP contribution in [-0.4, -0.2) is 6.54 Å². The first kappa shape index (κ1) is 11.8. The third-order valence-electron chi connectivity index (χ3n) is 1.76. The fourth-order valence-electron chi connectivity index (χ4n) is 1.04. The predicted molar refractivity (Wildman–Crippen MR) is 67.0 cm³/mol. The van der Waals surface area contributed by atoms with Crippen molar-refractivity contribution in [3.8, 4) is 12.3 Å². The van der Waals surface area contributed by atoms with Gasteiger partial charge in [0.1, 0.15) is 0 Å². The van der Waals surface area contributed by atoms with Gasteiger partial charge in [0.2, 0.25) is 0 Å². The second kappa shape index (κ2) is 6.23. The molecule has 0 fully saturated rings. The summed E-state index contributed by atoms with van der Waals surface area (Å²) in [6.07, 6.45) is 5.92. The van der Waals surface area contributed by atoms with Crippen LogP contribution in [0.15, 0.2) is 27.1 Å². The number of benzene rings is 1. The summed E-state index contributed by atoms with van der Waals surface area (Å²) in [5, 5.41) is 3.27. The van der Waals surface area contributed by atoms with Crippen molar-refractivity contribution < 1.29 is 0 Å². The highest BCUT2D eigenvalue weighted by molar-refractivity contribution is 9.13. The molecule has 0 aliphatic carbocycles. The summed E-state index contributed by atoms with van der Waals surface area (Å²) in [6.45, 7) is 1.72. The molecule has 0 spiro atoms. The van der Waals surface area contributed by atoms with E-state index in [0.717, 1.165) is 28.5 Å². The molecule has 74 valence electrons. The maximum atomic E-state index is 5.15. The third-order valence-corrected chi connectivity index (χ3v) is 3.64. The summed E-state index contributed by atoms with van der Waals surface area (Å²) < 4.78 is 2.15. The van der Waals surface area contributed by atoms with Crippen molar-refractivity contribution in [3.63, 3.8) is 0 Å². The van der Waals surface area contributed by atoms with E-state index < -0.39 is 0 Å². The van der Waals surface area contributed by atoms with Gasteiger partial charge >= 0.3 is 0 Å². The van der Waals surface area contributed by atoms with Crippen LogP contribution in [0, 0.1) is 12.3 Å². The molecule has 1 aromatic rings. The Bertz CT molecular complexity index is 342. The molecule has 0 saturated carbocycles. The minimum atomic E-state index is 0.775. The molecule has 1 nitrogen and oxygen atoms in total. The standard InChI is InChI=1S/C11H11Br2N/c1-2-3-6-14-8-9-4-5-10(12)11(13)7-9/h1,4-5,7,14H,3,6,8H2. The lowest BCUT2D eigenvalue weighted by Gasteiger charge is -2.04. The smallest absolute Gasteiger partial charge is 0.0320 e. The summed E-state index contributed by atoms with van der Waals surface area (Å²) in [4.78, 5) is 0. The van der Waals surface area contributed by atoms with E-state index in [-0.39, 0.29) is 0 Å². The number of nitrogens with one attached hydrogen (secondary N) is 1. The molecule has 0 saturated heterocycles. The van der Waals surface area contributed by atoms with Gasteiger partial charge in [-0.3, -0.25) is 0 Å². The molecule has 0 bridgehead atoms. The Morgan fingerprint density at radius 2 is 2.07 bits per heavy atom. The van der Waals surface area contributed by atoms with E-state index in [9.17, 15) is 0 Å². The maximum Gasteiger partial charge on any atom is 0.0320 e. The van der Waals surface area contributed by atoms with Gasteiger partial charge in [0.05, 0.1) is 0 Å². The van der Waals surface area contributed by atoms with E-state index in [0.29, 0.717) is 0 Å². The number of terminal acetylenes is 1. The minimum Gasteiger partial charge on any atom is -0.312 e. The highest BCUT2D eigenvalue weighted by atomic mass is 79.9. The zero-order valence-corrected chi connectivity index (χ0v) is 10.9. The molecule has 1 N–H and O–H groups in total. The lowest BCUT2D eigenvalue weighted by Crippen LogP contribution is -2.13. The van der Waals surface area contributed by atoms with Crippen LogP contribution < -0.4 is 5.32 Å². The van der Waals surface area contributed by atoms with Crippen LogP contribution in [0.4, 0.5) is 0 Å². The second-order valence-electron chi connectivity index (χ2n) is 2.88. The van der Waals surface area contributed by atoms with Crippen molar-refractivity contribution in [2.24, 2.45) is 0 Å². The van der Waals surface area contributed by atoms with Gasteiger partial charge in [-0.15, -0.1) is 12.3 Å². The quantitative estimate of drug-likeness (QED) is 0.663. The van der Waals surface area contributed by atoms with Crippen LogP contribution in [0.5, 0.6) is 0 Å². The van der Waals surface area contributed by atoms with Crippen LogP contribution in [0.25, 0.3) is 0 Å². The van der Waals surface area contributed by atoms with Crippen molar-refractivity contribution >= 4 is 31.9 Å². The van der Waals surface area contributed by atoms with Gasteiger partial charge in [-0.05, 0) is 49.6 Å². The number of halogens is 2. The molecule has 0 heterocycles. The van der Waals surface area contributed by atoms with Crippen molar-refractivity contribution in [1.82, 2.24) is 5.32 Å². The van der Waals surface area contributed by atoms with Gasteiger partial charge < -0.3 is 5.32 Å². The zero-order chi connectivity index (χ0) is 10.4. The fraction of sp³-hybridized carbons (Fsp3) is 0.273. The molecular formula is C11H11Br2N. The molecule has 0 aliphatic heterocycles. The highest BCUT2D eigenvalue weighted by Gasteiger charge is 1.97. The van der Waals surface area contributed by atoms with Crippen molar-refractivity contribution in [3.05, 3.63) is 32.7 Å². The predicted octanol–water partition coefficient (Wildman–Crippen LogP) is 3.32. The molecule has 0 radical (unpaired) electrons. The fourth-order valence-corrected chi connectivity index (χ4v) is 1.72. The van der Waals surface area contributed by atoms with E-state index in [1.54, 1.807) is 0 Å². The first-order valence-corrected chi connectivity index (χ1v) is 5.90. The second-order valence-corrected chi connectivity index (χ2v) is 4.59. The van der Waals surface area contributed by atoms with Crippen LogP contribution in [0.3, 0.4) is 0 Å². The maximum absolute atomic E-state index is 5.15. The Balaban J connectivity index is 2.44. The van der Waals surface area contributed by atoms with E-state index in [4.69, 9.17) is 6.42 Å². The summed E-state index contributed by atoms with van der Waals surface area (Å²) in [6, 6.07) is 6.20. The molecule has 3 heteroatoms. The zero-order valence-electron chi connectivity index (χ0n) is 7.69. The first-order valence-electron chi connectivity index (χ1n) is 4.32. The summed E-state index contributed by atoms with van der Waals surface area (Å²) in [7, 11) is 0. The molecule has 1 aromatic carbocycles. The average molecular weight is 317 g/mol. The number of rotatable bonds is 4. The van der Waals surface area contributed by atoms with E-state index in [1.807, 2.05) is 6.07 Å². The Labute approximate surface area is 102 Å². The summed E-state index contributed by atoms with van der Waals surface area (Å²) >= 11 is 6.89. The van der Waals surface area contributed by atoms with Crippen LogP contribution >= 0.6 is 31.9 Å². The molecule has 0 aliphatic rings. The monoisotopic (exact) mass is 315 g/mol. The Morgan fingerprint density at radius 1 is 1.29 bits per heavy atom. The number of hydrogen-bond donors (Lipinski definition) is 1. The summed E-state index contributed by atoms with van der Waals surface area (Å²) in [5.41, 5.74) is 1.25. The molecule has 14 heavy (non-hydrogen) atoms. The molecule has 1 rings (SSSR count). The molecule has 0 atom stereocenters. The van der Waals surface area contributed by atoms with E-state index in [1.165, 1.54) is 5.56 Å². The minimum absolute atomic E-state index is 0.775. The first-order chi connectivity index (χ1) is 6.74. The lowest BCUT2D eigenvalue weighted by molar-refractivity contribution is 0.701. The number of hydrogen-bond acceptors (Lipinski definition) is 1. The van der Waals surface area contributed by atoms with E-state index >= 15 is 0 Å². The Morgan fingerprint density at radius 3 is 2.71 bits per heavy atom. The largest absolute Gasteiger partial charge is 0.312 e. The van der Waals surface area contributed by atoms with Gasteiger partial charge in [-0.2, -0.15) is 0 Å². The third kappa shape index (κ3) is 3.83. The van der Waals surface area contributed by atoms with Gasteiger partial charge in [0, 0.05) is 28.5 Å². The summed E-state index contributed by atoms with van der Waals surface area (Å²) in [5.74, 6) is 2.60. The Kier molecular flexibility index (Phi) is 5.24. The molecule has 0 unspecified atom stereocenters. The normalized spacial score (nSPS) is 9.79. The van der Waals surface area contributed by atoms with E-state index in [2.05, 4.69) is 55.2 Å². The topological polar surface area (TPSA) is 12.0 Å². The molecule has 0 amide bonds. The molecular weight excluding hydrogens is 306 g/mol. The van der Waals surface area contributed by atoms with Gasteiger partial charge in [0.15, 0.2) is 0 Å². The van der Waals surface area contributed by atoms with Gasteiger partial charge in [-0.1, -0.05) is 6.07 Å².